The SMILES string of the molecule is Cc1cnc2c(c1)ncn2C(F)F. The molecule has 3 nitrogen and oxygen atoms in total. The van der Waals surface area contributed by atoms with Crippen molar-refractivity contribution in [1.82, 2.24) is 14.5 Å². The van der Waals surface area contributed by atoms with E-state index in [-0.39, 0.29) is 5.65 Å². The van der Waals surface area contributed by atoms with Crippen molar-refractivity contribution in [3.63, 3.8) is 0 Å². The van der Waals surface area contributed by atoms with E-state index in [4.69, 9.17) is 0 Å². The highest BCUT2D eigenvalue weighted by molar-refractivity contribution is 5.71. The van der Waals surface area contributed by atoms with Crippen LogP contribution in [0.15, 0.2) is 18.6 Å². The second-order valence-corrected chi connectivity index (χ2v) is 2.78. The minimum absolute atomic E-state index is 0.223. The van der Waals surface area contributed by atoms with Crippen molar-refractivity contribution >= 4 is 11.2 Å². The Balaban J connectivity index is 2.69. The van der Waals surface area contributed by atoms with E-state index in [0.29, 0.717) is 5.52 Å². The highest BCUT2D eigenvalue weighted by atomic mass is 19.3. The van der Waals surface area contributed by atoms with Gasteiger partial charge in [-0.3, -0.25) is 4.57 Å². The molecule has 0 bridgehead atoms. The van der Waals surface area contributed by atoms with Crippen LogP contribution in [0, 0.1) is 6.92 Å². The minimum Gasteiger partial charge on any atom is -0.257 e. The largest absolute Gasteiger partial charge is 0.321 e. The highest BCUT2D eigenvalue weighted by Gasteiger charge is 2.10. The normalized spacial score (nSPS) is 11.4. The maximum atomic E-state index is 12.3. The van der Waals surface area contributed by atoms with Crippen molar-refractivity contribution in [2.75, 3.05) is 0 Å². The fraction of sp³-hybridized carbons (Fsp3) is 0.250. The first-order valence-corrected chi connectivity index (χ1v) is 3.76. The number of rotatable bonds is 1. The van der Waals surface area contributed by atoms with E-state index in [1.807, 2.05) is 6.92 Å². The Morgan fingerprint density at radius 2 is 2.15 bits per heavy atom. The molecular weight excluding hydrogens is 176 g/mol. The van der Waals surface area contributed by atoms with Crippen molar-refractivity contribution in [2.24, 2.45) is 0 Å². The third-order valence-corrected chi connectivity index (χ3v) is 1.76. The van der Waals surface area contributed by atoms with E-state index in [1.165, 1.54) is 0 Å². The van der Waals surface area contributed by atoms with Gasteiger partial charge < -0.3 is 0 Å². The molecule has 0 aliphatic heterocycles. The van der Waals surface area contributed by atoms with Crippen LogP contribution in [0.3, 0.4) is 0 Å². The molecule has 2 heterocycles. The van der Waals surface area contributed by atoms with Crippen LogP contribution < -0.4 is 0 Å². The fourth-order valence-electron chi connectivity index (χ4n) is 1.16. The molecule has 68 valence electrons. The molecule has 0 aliphatic carbocycles. The molecule has 2 rings (SSSR count). The zero-order valence-corrected chi connectivity index (χ0v) is 6.91. The van der Waals surface area contributed by atoms with Crippen molar-refractivity contribution in [3.05, 3.63) is 24.2 Å². The smallest absolute Gasteiger partial charge is 0.257 e. The van der Waals surface area contributed by atoms with Gasteiger partial charge in [0.05, 0.1) is 0 Å². The Bertz CT molecular complexity index is 436. The van der Waals surface area contributed by atoms with Crippen molar-refractivity contribution in [2.45, 2.75) is 13.5 Å². The van der Waals surface area contributed by atoms with Gasteiger partial charge in [0.1, 0.15) is 11.8 Å². The topological polar surface area (TPSA) is 30.7 Å². The zero-order chi connectivity index (χ0) is 9.42. The number of alkyl halides is 2. The Labute approximate surface area is 73.0 Å². The maximum absolute atomic E-state index is 12.3. The van der Waals surface area contributed by atoms with E-state index in [1.54, 1.807) is 12.3 Å². The van der Waals surface area contributed by atoms with Gasteiger partial charge in [-0.1, -0.05) is 0 Å². The number of imidazole rings is 1. The standard InChI is InChI=1S/C8H7F2N3/c1-5-2-6-7(11-3-5)13(4-12-6)8(9)10/h2-4,8H,1H3. The van der Waals surface area contributed by atoms with Crippen LogP contribution in [0.5, 0.6) is 0 Å². The lowest BCUT2D eigenvalue weighted by Gasteiger charge is -1.99. The lowest BCUT2D eigenvalue weighted by atomic mass is 10.3. The molecule has 5 heteroatoms. The number of pyridine rings is 1. The third-order valence-electron chi connectivity index (χ3n) is 1.76. The van der Waals surface area contributed by atoms with Crippen LogP contribution in [0.25, 0.3) is 11.2 Å². The average Bonchev–Trinajstić information content (AvgIpc) is 2.46. The summed E-state index contributed by atoms with van der Waals surface area (Å²) >= 11 is 0. The summed E-state index contributed by atoms with van der Waals surface area (Å²) in [6.07, 6.45) is 2.64. The highest BCUT2D eigenvalue weighted by Crippen LogP contribution is 2.17. The number of aryl methyl sites for hydroxylation is 1. The van der Waals surface area contributed by atoms with E-state index in [9.17, 15) is 8.78 Å². The number of hydrogen-bond acceptors (Lipinski definition) is 2. The first-order chi connectivity index (χ1) is 6.18. The average molecular weight is 183 g/mol. The Kier molecular flexibility index (Phi) is 1.72. The summed E-state index contributed by atoms with van der Waals surface area (Å²) in [7, 11) is 0. The summed E-state index contributed by atoms with van der Waals surface area (Å²) in [5, 5.41) is 0. The molecular formula is C8H7F2N3. The molecule has 0 aliphatic rings. The van der Waals surface area contributed by atoms with Crippen LogP contribution in [-0.2, 0) is 0 Å². The molecule has 0 unspecified atom stereocenters. The maximum Gasteiger partial charge on any atom is 0.321 e. The molecule has 0 saturated carbocycles. The summed E-state index contributed by atoms with van der Waals surface area (Å²) in [4.78, 5) is 7.70. The number of fused-ring (bicyclic) bond motifs is 1. The summed E-state index contributed by atoms with van der Waals surface area (Å²) in [5.41, 5.74) is 1.63. The lowest BCUT2D eigenvalue weighted by Crippen LogP contribution is -1.96. The van der Waals surface area contributed by atoms with Gasteiger partial charge in [-0.2, -0.15) is 8.78 Å². The van der Waals surface area contributed by atoms with Crippen LogP contribution >= 0.6 is 0 Å². The Morgan fingerprint density at radius 3 is 2.85 bits per heavy atom. The predicted molar refractivity (Wildman–Crippen MR) is 43.5 cm³/mol. The molecule has 0 spiro atoms. The number of aromatic nitrogens is 3. The molecule has 0 fully saturated rings. The van der Waals surface area contributed by atoms with Crippen molar-refractivity contribution in [3.8, 4) is 0 Å². The Hall–Kier alpha value is -1.52. The van der Waals surface area contributed by atoms with E-state index in [2.05, 4.69) is 9.97 Å². The molecule has 13 heavy (non-hydrogen) atoms. The second kappa shape index (κ2) is 2.76. The molecule has 0 aromatic carbocycles. The van der Waals surface area contributed by atoms with E-state index in [0.717, 1.165) is 16.5 Å². The molecule has 0 N–H and O–H groups in total. The van der Waals surface area contributed by atoms with Gasteiger partial charge >= 0.3 is 6.55 Å². The number of halogens is 2. The molecule has 0 radical (unpaired) electrons. The van der Waals surface area contributed by atoms with Gasteiger partial charge in [0.25, 0.3) is 0 Å². The van der Waals surface area contributed by atoms with E-state index < -0.39 is 6.55 Å². The minimum atomic E-state index is -2.58. The van der Waals surface area contributed by atoms with Gasteiger partial charge in [-0.25, -0.2) is 9.97 Å². The first-order valence-electron chi connectivity index (χ1n) is 3.76. The number of nitrogens with zero attached hydrogens (tertiary/aromatic N) is 3. The van der Waals surface area contributed by atoms with Crippen LogP contribution in [0.2, 0.25) is 0 Å². The molecule has 2 aromatic heterocycles. The molecule has 0 atom stereocenters. The van der Waals surface area contributed by atoms with Crippen LogP contribution in [0.1, 0.15) is 12.1 Å². The second-order valence-electron chi connectivity index (χ2n) is 2.78. The molecule has 2 aromatic rings. The summed E-state index contributed by atoms with van der Waals surface area (Å²) in [5.74, 6) is 0. The lowest BCUT2D eigenvalue weighted by molar-refractivity contribution is 0.0740. The Morgan fingerprint density at radius 1 is 1.38 bits per heavy atom. The van der Waals surface area contributed by atoms with E-state index >= 15 is 0 Å². The molecule has 0 saturated heterocycles. The van der Waals surface area contributed by atoms with Crippen LogP contribution in [-0.4, -0.2) is 14.5 Å². The van der Waals surface area contributed by atoms with Gasteiger partial charge in [0.15, 0.2) is 5.65 Å². The summed E-state index contributed by atoms with van der Waals surface area (Å²) in [6.45, 7) is -0.742. The van der Waals surface area contributed by atoms with Gasteiger partial charge in [0, 0.05) is 6.20 Å². The first kappa shape index (κ1) is 8.10. The van der Waals surface area contributed by atoms with Crippen molar-refractivity contribution < 1.29 is 8.78 Å². The van der Waals surface area contributed by atoms with Gasteiger partial charge in [-0.05, 0) is 18.6 Å². The van der Waals surface area contributed by atoms with Gasteiger partial charge in [0.2, 0.25) is 0 Å². The zero-order valence-electron chi connectivity index (χ0n) is 6.91. The molecule has 0 amide bonds. The number of hydrogen-bond donors (Lipinski definition) is 0. The monoisotopic (exact) mass is 183 g/mol. The summed E-state index contributed by atoms with van der Waals surface area (Å²) < 4.78 is 25.4. The fourth-order valence-corrected chi connectivity index (χ4v) is 1.16. The van der Waals surface area contributed by atoms with Crippen molar-refractivity contribution in [1.29, 1.82) is 0 Å². The van der Waals surface area contributed by atoms with Gasteiger partial charge in [-0.15, -0.1) is 0 Å². The summed E-state index contributed by atoms with van der Waals surface area (Å²) in [6, 6.07) is 1.72. The quantitative estimate of drug-likeness (QED) is 0.678. The van der Waals surface area contributed by atoms with Crippen LogP contribution in [0.4, 0.5) is 8.78 Å². The third kappa shape index (κ3) is 1.26. The predicted octanol–water partition coefficient (Wildman–Crippen LogP) is 2.13.